The summed E-state index contributed by atoms with van der Waals surface area (Å²) in [6.07, 6.45) is 1.75. The van der Waals surface area contributed by atoms with Crippen molar-refractivity contribution in [2.24, 2.45) is 0 Å². The third-order valence-electron chi connectivity index (χ3n) is 1.77. The first-order valence-corrected chi connectivity index (χ1v) is 5.08. The summed E-state index contributed by atoms with van der Waals surface area (Å²) in [5, 5.41) is 1.17. The average Bonchev–Trinajstić information content (AvgIpc) is 2.57. The third-order valence-corrected chi connectivity index (χ3v) is 2.84. The number of hydrogen-bond acceptors (Lipinski definition) is 0. The minimum Gasteiger partial charge on any atom is -0.0916 e. The van der Waals surface area contributed by atoms with E-state index in [9.17, 15) is 0 Å². The van der Waals surface area contributed by atoms with E-state index in [4.69, 9.17) is 46.4 Å². The molecule has 0 nitrogen and oxygen atoms in total. The molecule has 0 N–H and O–H groups in total. The van der Waals surface area contributed by atoms with Gasteiger partial charge < -0.3 is 0 Å². The Labute approximate surface area is 96.0 Å². The monoisotopic (exact) mass is 252 g/mol. The van der Waals surface area contributed by atoms with Crippen LogP contribution in [0.3, 0.4) is 0 Å². The van der Waals surface area contributed by atoms with Crippen LogP contribution in [0.2, 0.25) is 10.0 Å². The van der Waals surface area contributed by atoms with Crippen LogP contribution in [0, 0.1) is 0 Å². The van der Waals surface area contributed by atoms with Crippen LogP contribution in [-0.2, 0) is 0 Å². The van der Waals surface area contributed by atoms with Gasteiger partial charge in [0.25, 0.3) is 0 Å². The first-order chi connectivity index (χ1) is 5.99. The first-order valence-electron chi connectivity index (χ1n) is 3.57. The van der Waals surface area contributed by atoms with Crippen LogP contribution in [0.15, 0.2) is 24.3 Å². The van der Waals surface area contributed by atoms with Crippen LogP contribution in [0.25, 0.3) is 5.57 Å². The summed E-state index contributed by atoms with van der Waals surface area (Å²) in [5.74, 6) is 0. The number of allylic oxidation sites excluding steroid dienone is 2. The van der Waals surface area contributed by atoms with Crippen LogP contribution in [-0.4, -0.2) is 4.33 Å². The van der Waals surface area contributed by atoms with Gasteiger partial charge in [0, 0.05) is 10.0 Å². The summed E-state index contributed by atoms with van der Waals surface area (Å²) in [6, 6.07) is 5.23. The van der Waals surface area contributed by atoms with Crippen molar-refractivity contribution in [3.05, 3.63) is 39.9 Å². The topological polar surface area (TPSA) is 0 Å². The molecule has 0 heterocycles. The molecule has 0 radical (unpaired) electrons. The molecule has 0 saturated carbocycles. The maximum atomic E-state index is 5.83. The Morgan fingerprint density at radius 2 is 1.38 bits per heavy atom. The van der Waals surface area contributed by atoms with E-state index in [1.165, 1.54) is 0 Å². The lowest BCUT2D eigenvalue weighted by Gasteiger charge is -2.01. The minimum atomic E-state index is -0.825. The first kappa shape index (κ1) is 9.67. The Balaban J connectivity index is 2.38. The zero-order valence-corrected chi connectivity index (χ0v) is 9.34. The fourth-order valence-electron chi connectivity index (χ4n) is 1.13. The summed E-state index contributed by atoms with van der Waals surface area (Å²) in [6.45, 7) is 0. The minimum absolute atomic E-state index is 0.583. The van der Waals surface area contributed by atoms with Crippen molar-refractivity contribution >= 4 is 52.0 Å². The molecule has 2 rings (SSSR count). The summed E-state index contributed by atoms with van der Waals surface area (Å²) >= 11 is 23.3. The molecule has 13 heavy (non-hydrogen) atoms. The summed E-state index contributed by atoms with van der Waals surface area (Å²) in [4.78, 5) is 0. The predicted molar refractivity (Wildman–Crippen MR) is 58.9 cm³/mol. The van der Waals surface area contributed by atoms with Crippen molar-refractivity contribution in [2.45, 2.75) is 4.33 Å². The van der Waals surface area contributed by atoms with Crippen molar-refractivity contribution < 1.29 is 0 Å². The van der Waals surface area contributed by atoms with E-state index in [-0.39, 0.29) is 0 Å². The zero-order valence-electron chi connectivity index (χ0n) is 6.32. The molecular formula is C9H4Cl4. The molecule has 0 unspecified atom stereocenters. The Hall–Kier alpha value is 0.120. The Morgan fingerprint density at radius 1 is 0.923 bits per heavy atom. The molecule has 0 amide bonds. The van der Waals surface area contributed by atoms with Gasteiger partial charge in [-0.3, -0.25) is 0 Å². The van der Waals surface area contributed by atoms with E-state index < -0.39 is 4.33 Å². The normalized spacial score (nSPS) is 18.3. The quantitative estimate of drug-likeness (QED) is 0.644. The van der Waals surface area contributed by atoms with E-state index in [1.807, 2.05) is 0 Å². The molecule has 0 fully saturated rings. The number of rotatable bonds is 1. The van der Waals surface area contributed by atoms with Gasteiger partial charge in [-0.1, -0.05) is 46.4 Å². The maximum absolute atomic E-state index is 5.83. The van der Waals surface area contributed by atoms with E-state index in [2.05, 4.69) is 0 Å². The molecule has 0 bridgehead atoms. The highest BCUT2D eigenvalue weighted by molar-refractivity contribution is 6.60. The molecule has 0 spiro atoms. The lowest BCUT2D eigenvalue weighted by atomic mass is 10.2. The largest absolute Gasteiger partial charge is 0.162 e. The predicted octanol–water partition coefficient (Wildman–Crippen LogP) is 4.56. The van der Waals surface area contributed by atoms with Gasteiger partial charge in [0.1, 0.15) is 0 Å². The Morgan fingerprint density at radius 3 is 1.77 bits per heavy atom. The molecule has 1 aromatic rings. The fraction of sp³-hybridized carbons (Fsp3) is 0.111. The van der Waals surface area contributed by atoms with Crippen LogP contribution >= 0.6 is 46.4 Å². The lowest BCUT2D eigenvalue weighted by Crippen LogP contribution is -1.89. The highest BCUT2D eigenvalue weighted by Crippen LogP contribution is 2.52. The molecule has 0 saturated heterocycles. The molecule has 68 valence electrons. The molecule has 1 aliphatic carbocycles. The van der Waals surface area contributed by atoms with E-state index in [1.54, 1.807) is 24.3 Å². The van der Waals surface area contributed by atoms with Crippen LogP contribution < -0.4 is 0 Å². The van der Waals surface area contributed by atoms with Gasteiger partial charge in [0.2, 0.25) is 0 Å². The molecule has 0 aliphatic heterocycles. The van der Waals surface area contributed by atoms with Gasteiger partial charge in [0.05, 0.1) is 0 Å². The zero-order chi connectivity index (χ0) is 9.64. The van der Waals surface area contributed by atoms with Gasteiger partial charge in [-0.2, -0.15) is 0 Å². The SMILES string of the molecule is Clc1cc(Cl)cc(C2=CC2(Cl)Cl)c1. The summed E-state index contributed by atoms with van der Waals surface area (Å²) in [7, 11) is 0. The number of alkyl halides is 2. The lowest BCUT2D eigenvalue weighted by molar-refractivity contribution is 1.50. The number of halogens is 4. The van der Waals surface area contributed by atoms with Gasteiger partial charge in [-0.25, -0.2) is 0 Å². The van der Waals surface area contributed by atoms with Crippen molar-refractivity contribution in [1.82, 2.24) is 0 Å². The summed E-state index contributed by atoms with van der Waals surface area (Å²) in [5.41, 5.74) is 1.74. The number of hydrogen-bond donors (Lipinski definition) is 0. The maximum Gasteiger partial charge on any atom is 0.162 e. The second-order valence-corrected chi connectivity index (χ2v) is 5.10. The molecule has 1 aliphatic rings. The van der Waals surface area contributed by atoms with Crippen molar-refractivity contribution in [2.75, 3.05) is 0 Å². The second kappa shape index (κ2) is 3.06. The van der Waals surface area contributed by atoms with Crippen molar-refractivity contribution in [1.29, 1.82) is 0 Å². The van der Waals surface area contributed by atoms with Crippen LogP contribution in [0.5, 0.6) is 0 Å². The van der Waals surface area contributed by atoms with Gasteiger partial charge in [-0.05, 0) is 35.4 Å². The van der Waals surface area contributed by atoms with Crippen LogP contribution in [0.1, 0.15) is 5.56 Å². The molecule has 4 heteroatoms. The molecule has 0 aromatic heterocycles. The Bertz CT molecular complexity index is 372. The smallest absolute Gasteiger partial charge is 0.0916 e. The average molecular weight is 254 g/mol. The van der Waals surface area contributed by atoms with Crippen molar-refractivity contribution in [3.63, 3.8) is 0 Å². The standard InChI is InChI=1S/C9H4Cl4/c10-6-1-5(2-7(11)3-6)8-4-9(8,12)13/h1-4H. The van der Waals surface area contributed by atoms with E-state index >= 15 is 0 Å². The third kappa shape index (κ3) is 1.97. The number of benzene rings is 1. The van der Waals surface area contributed by atoms with Gasteiger partial charge in [-0.15, -0.1) is 0 Å². The van der Waals surface area contributed by atoms with E-state index in [0.29, 0.717) is 10.0 Å². The highest BCUT2D eigenvalue weighted by atomic mass is 35.5. The summed E-state index contributed by atoms with van der Waals surface area (Å²) < 4.78 is -0.825. The highest BCUT2D eigenvalue weighted by Gasteiger charge is 2.40. The second-order valence-electron chi connectivity index (χ2n) is 2.84. The van der Waals surface area contributed by atoms with Gasteiger partial charge >= 0.3 is 0 Å². The molecule has 1 aromatic carbocycles. The van der Waals surface area contributed by atoms with E-state index in [0.717, 1.165) is 11.1 Å². The van der Waals surface area contributed by atoms with Crippen molar-refractivity contribution in [3.8, 4) is 0 Å². The fourth-order valence-corrected chi connectivity index (χ4v) is 2.09. The molecular weight excluding hydrogens is 250 g/mol. The van der Waals surface area contributed by atoms with Gasteiger partial charge in [0.15, 0.2) is 4.33 Å². The van der Waals surface area contributed by atoms with Crippen LogP contribution in [0.4, 0.5) is 0 Å². The molecule has 0 atom stereocenters. The Kier molecular flexibility index (Phi) is 2.28.